The van der Waals surface area contributed by atoms with Crippen molar-refractivity contribution in [2.75, 3.05) is 13.2 Å². The summed E-state index contributed by atoms with van der Waals surface area (Å²) >= 11 is 3.14. The number of benzene rings is 1. The zero-order valence-electron chi connectivity index (χ0n) is 9.54. The average molecular weight is 304 g/mol. The Morgan fingerprint density at radius 2 is 2.29 bits per heavy atom. The largest absolute Gasteiger partial charge is 0.396 e. The number of hydrogen-bond donors (Lipinski definition) is 2. The van der Waals surface area contributed by atoms with E-state index in [9.17, 15) is 9.18 Å². The highest BCUT2D eigenvalue weighted by molar-refractivity contribution is 9.10. The topological polar surface area (TPSA) is 49.3 Å². The maximum Gasteiger partial charge on any atom is 0.252 e. The van der Waals surface area contributed by atoms with E-state index in [2.05, 4.69) is 21.2 Å². The van der Waals surface area contributed by atoms with Crippen LogP contribution in [0.5, 0.6) is 0 Å². The molecule has 1 amide bonds. The van der Waals surface area contributed by atoms with Crippen molar-refractivity contribution in [2.24, 2.45) is 5.92 Å². The third-order valence-corrected chi connectivity index (χ3v) is 3.06. The highest BCUT2D eigenvalue weighted by Crippen LogP contribution is 2.17. The van der Waals surface area contributed by atoms with Gasteiger partial charge in [0.1, 0.15) is 5.82 Å². The molecule has 0 aliphatic carbocycles. The smallest absolute Gasteiger partial charge is 0.252 e. The number of nitrogens with one attached hydrogen (secondary N) is 1. The Kier molecular flexibility index (Phi) is 5.58. The quantitative estimate of drug-likeness (QED) is 0.877. The van der Waals surface area contributed by atoms with Gasteiger partial charge in [0.05, 0.1) is 5.56 Å². The Morgan fingerprint density at radius 1 is 1.59 bits per heavy atom. The molecule has 0 saturated carbocycles. The lowest BCUT2D eigenvalue weighted by Crippen LogP contribution is -2.28. The van der Waals surface area contributed by atoms with Crippen LogP contribution in [0.15, 0.2) is 22.7 Å². The van der Waals surface area contributed by atoms with Gasteiger partial charge in [0.25, 0.3) is 5.91 Å². The molecule has 94 valence electrons. The second-order valence-corrected chi connectivity index (χ2v) is 4.81. The molecule has 0 aliphatic rings. The van der Waals surface area contributed by atoms with E-state index in [1.165, 1.54) is 18.2 Å². The van der Waals surface area contributed by atoms with Crippen molar-refractivity contribution in [2.45, 2.75) is 13.3 Å². The van der Waals surface area contributed by atoms with Crippen LogP contribution >= 0.6 is 15.9 Å². The first-order valence-electron chi connectivity index (χ1n) is 5.38. The molecule has 1 aromatic carbocycles. The van der Waals surface area contributed by atoms with Crippen molar-refractivity contribution in [1.29, 1.82) is 0 Å². The minimum Gasteiger partial charge on any atom is -0.396 e. The molecule has 1 rings (SSSR count). The second kappa shape index (κ2) is 6.71. The summed E-state index contributed by atoms with van der Waals surface area (Å²) in [6, 6.07) is 3.94. The van der Waals surface area contributed by atoms with E-state index in [0.717, 1.165) is 0 Å². The molecule has 1 aromatic rings. The fourth-order valence-electron chi connectivity index (χ4n) is 1.36. The molecule has 0 radical (unpaired) electrons. The number of aliphatic hydroxyl groups excluding tert-OH is 1. The van der Waals surface area contributed by atoms with Crippen molar-refractivity contribution in [3.05, 3.63) is 34.1 Å². The van der Waals surface area contributed by atoms with Gasteiger partial charge in [-0.3, -0.25) is 4.79 Å². The maximum atomic E-state index is 12.8. The number of carbonyl (C=O) groups excluding carboxylic acids is 1. The number of aliphatic hydroxyl groups is 1. The molecule has 0 fully saturated rings. The van der Waals surface area contributed by atoms with Crippen LogP contribution in [0.2, 0.25) is 0 Å². The van der Waals surface area contributed by atoms with Crippen LogP contribution in [0.3, 0.4) is 0 Å². The van der Waals surface area contributed by atoms with Gasteiger partial charge in [-0.25, -0.2) is 4.39 Å². The maximum absolute atomic E-state index is 12.8. The monoisotopic (exact) mass is 303 g/mol. The van der Waals surface area contributed by atoms with Crippen LogP contribution < -0.4 is 5.32 Å². The number of carbonyl (C=O) groups is 1. The minimum absolute atomic E-state index is 0.108. The standard InChI is InChI=1S/C12H15BrFNO2/c1-8(4-5-16)7-15-12(17)10-3-2-9(14)6-11(10)13/h2-3,6,8,16H,4-5,7H2,1H3,(H,15,17). The molecule has 3 nitrogen and oxygen atoms in total. The van der Waals surface area contributed by atoms with Crippen LogP contribution in [-0.2, 0) is 0 Å². The molecule has 0 bridgehead atoms. The first kappa shape index (κ1) is 14.1. The van der Waals surface area contributed by atoms with E-state index in [1.54, 1.807) is 0 Å². The SMILES string of the molecule is CC(CCO)CNC(=O)c1ccc(F)cc1Br. The van der Waals surface area contributed by atoms with Gasteiger partial charge in [-0.2, -0.15) is 0 Å². The third-order valence-electron chi connectivity index (χ3n) is 2.41. The summed E-state index contributed by atoms with van der Waals surface area (Å²) < 4.78 is 13.3. The number of halogens is 2. The lowest BCUT2D eigenvalue weighted by atomic mass is 10.1. The molecular formula is C12H15BrFNO2. The third kappa shape index (κ3) is 4.44. The molecule has 17 heavy (non-hydrogen) atoms. The Balaban J connectivity index is 2.58. The number of rotatable bonds is 5. The summed E-state index contributed by atoms with van der Waals surface area (Å²) in [6.45, 7) is 2.54. The summed E-state index contributed by atoms with van der Waals surface area (Å²) in [5.74, 6) is -0.424. The highest BCUT2D eigenvalue weighted by Gasteiger charge is 2.11. The molecule has 0 aromatic heterocycles. The Labute approximate surface area is 108 Å². The van der Waals surface area contributed by atoms with Crippen molar-refractivity contribution in [1.82, 2.24) is 5.32 Å². The number of hydrogen-bond acceptors (Lipinski definition) is 2. The van der Waals surface area contributed by atoms with Crippen molar-refractivity contribution < 1.29 is 14.3 Å². The zero-order valence-corrected chi connectivity index (χ0v) is 11.1. The zero-order chi connectivity index (χ0) is 12.8. The van der Waals surface area contributed by atoms with E-state index in [1.807, 2.05) is 6.92 Å². The van der Waals surface area contributed by atoms with Crippen LogP contribution in [0.1, 0.15) is 23.7 Å². The van der Waals surface area contributed by atoms with Gasteiger partial charge in [-0.05, 0) is 46.5 Å². The van der Waals surface area contributed by atoms with E-state index >= 15 is 0 Å². The second-order valence-electron chi connectivity index (χ2n) is 3.95. The molecular weight excluding hydrogens is 289 g/mol. The summed E-state index contributed by atoms with van der Waals surface area (Å²) in [6.07, 6.45) is 0.644. The van der Waals surface area contributed by atoms with Crippen LogP contribution in [0.25, 0.3) is 0 Å². The summed E-state index contributed by atoms with van der Waals surface area (Å²) in [7, 11) is 0. The summed E-state index contributed by atoms with van der Waals surface area (Å²) in [5, 5.41) is 11.5. The van der Waals surface area contributed by atoms with Crippen molar-refractivity contribution in [3.63, 3.8) is 0 Å². The lowest BCUT2D eigenvalue weighted by molar-refractivity contribution is 0.0944. The highest BCUT2D eigenvalue weighted by atomic mass is 79.9. The molecule has 0 saturated heterocycles. The van der Waals surface area contributed by atoms with Gasteiger partial charge in [0.2, 0.25) is 0 Å². The molecule has 2 N–H and O–H groups in total. The van der Waals surface area contributed by atoms with Gasteiger partial charge >= 0.3 is 0 Å². The molecule has 5 heteroatoms. The summed E-state index contributed by atoms with van der Waals surface area (Å²) in [4.78, 5) is 11.8. The molecule has 1 atom stereocenters. The van der Waals surface area contributed by atoms with Crippen molar-refractivity contribution >= 4 is 21.8 Å². The predicted octanol–water partition coefficient (Wildman–Crippen LogP) is 2.34. The molecule has 0 spiro atoms. The van der Waals surface area contributed by atoms with E-state index in [4.69, 9.17) is 5.11 Å². The van der Waals surface area contributed by atoms with Gasteiger partial charge in [-0.15, -0.1) is 0 Å². The fourth-order valence-corrected chi connectivity index (χ4v) is 1.89. The average Bonchev–Trinajstić information content (AvgIpc) is 2.26. The van der Waals surface area contributed by atoms with Gasteiger partial charge in [0, 0.05) is 17.6 Å². The molecule has 0 aliphatic heterocycles. The predicted molar refractivity (Wildman–Crippen MR) is 67.3 cm³/mol. The Bertz CT molecular complexity index is 398. The lowest BCUT2D eigenvalue weighted by Gasteiger charge is -2.11. The van der Waals surface area contributed by atoms with Gasteiger partial charge < -0.3 is 10.4 Å². The van der Waals surface area contributed by atoms with E-state index in [-0.39, 0.29) is 24.2 Å². The van der Waals surface area contributed by atoms with Gasteiger partial charge in [0.15, 0.2) is 0 Å². The fraction of sp³-hybridized carbons (Fsp3) is 0.417. The van der Waals surface area contributed by atoms with E-state index < -0.39 is 0 Å². The van der Waals surface area contributed by atoms with Crippen molar-refractivity contribution in [3.8, 4) is 0 Å². The normalized spacial score (nSPS) is 12.2. The first-order chi connectivity index (χ1) is 8.04. The van der Waals surface area contributed by atoms with Crippen LogP contribution in [0, 0.1) is 11.7 Å². The van der Waals surface area contributed by atoms with Crippen LogP contribution in [0.4, 0.5) is 4.39 Å². The molecule has 0 heterocycles. The van der Waals surface area contributed by atoms with Crippen LogP contribution in [-0.4, -0.2) is 24.2 Å². The Morgan fingerprint density at radius 3 is 2.88 bits per heavy atom. The van der Waals surface area contributed by atoms with Gasteiger partial charge in [-0.1, -0.05) is 6.92 Å². The first-order valence-corrected chi connectivity index (χ1v) is 6.18. The molecule has 1 unspecified atom stereocenters. The Hall–Kier alpha value is -0.940. The van der Waals surface area contributed by atoms with E-state index in [0.29, 0.717) is 23.0 Å². The summed E-state index contributed by atoms with van der Waals surface area (Å²) in [5.41, 5.74) is 0.405. The minimum atomic E-state index is -0.387. The number of amides is 1.